The molecule has 2 saturated heterocycles. The van der Waals surface area contributed by atoms with Gasteiger partial charge in [0.1, 0.15) is 6.61 Å². The van der Waals surface area contributed by atoms with E-state index in [-0.39, 0.29) is 24.7 Å². The summed E-state index contributed by atoms with van der Waals surface area (Å²) < 4.78 is 5.30. The molecule has 2 atom stereocenters. The first kappa shape index (κ1) is 26.4. The number of nitrogens with one attached hydrogen (secondary N) is 1. The third kappa shape index (κ3) is 5.91. The lowest BCUT2D eigenvalue weighted by molar-refractivity contribution is -0.0516. The number of aliphatic hydroxyl groups is 2. The van der Waals surface area contributed by atoms with Gasteiger partial charge in [-0.15, -0.1) is 6.58 Å². The Morgan fingerprint density at radius 2 is 1.84 bits per heavy atom. The summed E-state index contributed by atoms with van der Waals surface area (Å²) in [6.45, 7) is 16.8. The van der Waals surface area contributed by atoms with Crippen molar-refractivity contribution in [3.63, 3.8) is 0 Å². The largest absolute Gasteiger partial charge is 0.445 e. The van der Waals surface area contributed by atoms with Crippen molar-refractivity contribution in [2.45, 2.75) is 71.7 Å². The highest BCUT2D eigenvalue weighted by Crippen LogP contribution is 2.39. The maximum atomic E-state index is 12.1. The molecule has 0 spiro atoms. The van der Waals surface area contributed by atoms with E-state index in [1.807, 2.05) is 44.2 Å². The monoisotopic (exact) mass is 446 g/mol. The Hall–Kier alpha value is -1.89. The zero-order chi connectivity index (χ0) is 24.0. The molecule has 0 radical (unpaired) electrons. The molecule has 2 fully saturated rings. The number of hydrogen-bond donors (Lipinski definition) is 3. The van der Waals surface area contributed by atoms with Crippen molar-refractivity contribution in [2.24, 2.45) is 10.8 Å². The van der Waals surface area contributed by atoms with Crippen LogP contribution in [-0.2, 0) is 11.3 Å². The van der Waals surface area contributed by atoms with Gasteiger partial charge in [0, 0.05) is 18.5 Å². The summed E-state index contributed by atoms with van der Waals surface area (Å²) in [6, 6.07) is 9.56. The smallest absolute Gasteiger partial charge is 0.410 e. The lowest BCUT2D eigenvalue weighted by atomic mass is 9.72. The minimum Gasteiger partial charge on any atom is -0.445 e. The molecule has 180 valence electrons. The molecule has 0 bridgehead atoms. The van der Waals surface area contributed by atoms with Crippen LogP contribution < -0.4 is 5.32 Å². The average Bonchev–Trinajstić information content (AvgIpc) is 3.41. The number of hydrogen-bond acceptors (Lipinski definition) is 5. The van der Waals surface area contributed by atoms with Crippen LogP contribution in [0.2, 0.25) is 0 Å². The SMILES string of the molecule is C=CC(C)(C)C1(O)CCN(C(=O)OCc2ccccc2)C1.CCC(C)(C)C1(O)CCNC1. The van der Waals surface area contributed by atoms with Crippen LogP contribution >= 0.6 is 0 Å². The maximum Gasteiger partial charge on any atom is 0.410 e. The fraction of sp³-hybridized carbons (Fsp3) is 0.654. The van der Waals surface area contributed by atoms with Crippen LogP contribution in [0.4, 0.5) is 4.79 Å². The summed E-state index contributed by atoms with van der Waals surface area (Å²) in [7, 11) is 0. The van der Waals surface area contributed by atoms with Crippen LogP contribution in [0.25, 0.3) is 0 Å². The second-order valence-electron chi connectivity index (χ2n) is 10.4. The van der Waals surface area contributed by atoms with E-state index in [0.717, 1.165) is 31.5 Å². The second kappa shape index (κ2) is 10.4. The first-order chi connectivity index (χ1) is 14.9. The number of benzene rings is 1. The summed E-state index contributed by atoms with van der Waals surface area (Å²) in [5.41, 5.74) is -0.855. The Labute approximate surface area is 193 Å². The van der Waals surface area contributed by atoms with Crippen molar-refractivity contribution in [3.8, 4) is 0 Å². The van der Waals surface area contributed by atoms with Crippen molar-refractivity contribution >= 4 is 6.09 Å². The molecule has 3 N–H and O–H groups in total. The molecule has 2 unspecified atom stereocenters. The molecule has 2 aliphatic rings. The van der Waals surface area contributed by atoms with Crippen molar-refractivity contribution in [2.75, 3.05) is 26.2 Å². The van der Waals surface area contributed by atoms with Gasteiger partial charge >= 0.3 is 6.09 Å². The number of rotatable bonds is 6. The molecule has 0 aliphatic carbocycles. The molecule has 2 heterocycles. The van der Waals surface area contributed by atoms with E-state index in [1.165, 1.54) is 0 Å². The molecule has 6 nitrogen and oxygen atoms in total. The number of likely N-dealkylation sites (tertiary alicyclic amines) is 1. The fourth-order valence-electron chi connectivity index (χ4n) is 4.06. The number of carbonyl (C=O) groups is 1. The lowest BCUT2D eigenvalue weighted by Gasteiger charge is -2.38. The van der Waals surface area contributed by atoms with Gasteiger partial charge in [-0.1, -0.05) is 71.0 Å². The standard InChI is InChI=1S/C17H23NO3.C9H19NO/c1-4-16(2,3)17(20)10-11-18(13-17)15(19)21-12-14-8-6-5-7-9-14;1-4-8(2,3)9(11)5-6-10-7-9/h4-9,20H,1,10-13H2,2-3H3;10-11H,4-7H2,1-3H3. The summed E-state index contributed by atoms with van der Waals surface area (Å²) in [5, 5.41) is 24.1. The maximum absolute atomic E-state index is 12.1. The molecule has 1 amide bonds. The van der Waals surface area contributed by atoms with Crippen LogP contribution in [0, 0.1) is 10.8 Å². The van der Waals surface area contributed by atoms with E-state index in [1.54, 1.807) is 11.0 Å². The third-order valence-corrected chi connectivity index (χ3v) is 7.70. The van der Waals surface area contributed by atoms with Gasteiger partial charge < -0.3 is 25.2 Å². The van der Waals surface area contributed by atoms with Gasteiger partial charge in [0.2, 0.25) is 0 Å². The van der Waals surface area contributed by atoms with Crippen LogP contribution in [0.1, 0.15) is 59.4 Å². The molecule has 32 heavy (non-hydrogen) atoms. The zero-order valence-corrected chi connectivity index (χ0v) is 20.5. The van der Waals surface area contributed by atoms with Crippen molar-refractivity contribution in [1.82, 2.24) is 10.2 Å². The van der Waals surface area contributed by atoms with Crippen molar-refractivity contribution in [1.29, 1.82) is 0 Å². The highest BCUT2D eigenvalue weighted by atomic mass is 16.6. The molecule has 2 aliphatic heterocycles. The van der Waals surface area contributed by atoms with Crippen LogP contribution in [0.3, 0.4) is 0 Å². The van der Waals surface area contributed by atoms with E-state index < -0.39 is 16.6 Å². The van der Waals surface area contributed by atoms with Gasteiger partial charge in [0.25, 0.3) is 0 Å². The molecular formula is C26H42N2O4. The number of nitrogens with zero attached hydrogens (tertiary/aromatic N) is 1. The zero-order valence-electron chi connectivity index (χ0n) is 20.5. The molecule has 6 heteroatoms. The van der Waals surface area contributed by atoms with E-state index in [9.17, 15) is 15.0 Å². The Balaban J connectivity index is 0.000000278. The van der Waals surface area contributed by atoms with Crippen LogP contribution in [-0.4, -0.2) is 58.6 Å². The molecular weight excluding hydrogens is 404 g/mol. The van der Waals surface area contributed by atoms with Crippen molar-refractivity contribution in [3.05, 3.63) is 48.6 Å². The Morgan fingerprint density at radius 3 is 2.38 bits per heavy atom. The van der Waals surface area contributed by atoms with Gasteiger partial charge in [-0.25, -0.2) is 4.79 Å². The van der Waals surface area contributed by atoms with Gasteiger partial charge in [-0.3, -0.25) is 0 Å². The minimum atomic E-state index is -0.944. The summed E-state index contributed by atoms with van der Waals surface area (Å²) in [6.07, 6.45) is 3.83. The molecule has 0 saturated carbocycles. The third-order valence-electron chi connectivity index (χ3n) is 7.70. The van der Waals surface area contributed by atoms with E-state index >= 15 is 0 Å². The Bertz CT molecular complexity index is 756. The number of carbonyl (C=O) groups excluding carboxylic acids is 1. The predicted molar refractivity (Wildman–Crippen MR) is 128 cm³/mol. The first-order valence-corrected chi connectivity index (χ1v) is 11.6. The fourth-order valence-corrected chi connectivity index (χ4v) is 4.06. The topological polar surface area (TPSA) is 82.0 Å². The summed E-state index contributed by atoms with van der Waals surface area (Å²) >= 11 is 0. The van der Waals surface area contributed by atoms with Crippen LogP contribution in [0.15, 0.2) is 43.0 Å². The van der Waals surface area contributed by atoms with Crippen LogP contribution in [0.5, 0.6) is 0 Å². The normalized spacial score (nSPS) is 25.8. The van der Waals surface area contributed by atoms with E-state index in [0.29, 0.717) is 13.0 Å². The molecule has 1 aromatic carbocycles. The Kier molecular flexibility index (Phi) is 8.54. The highest BCUT2D eigenvalue weighted by molar-refractivity contribution is 5.68. The number of amides is 1. The second-order valence-corrected chi connectivity index (χ2v) is 10.4. The van der Waals surface area contributed by atoms with Gasteiger partial charge in [-0.2, -0.15) is 0 Å². The molecule has 0 aromatic heterocycles. The quantitative estimate of drug-likeness (QED) is 0.573. The van der Waals surface area contributed by atoms with Gasteiger partial charge in [0.05, 0.1) is 17.7 Å². The minimum absolute atomic E-state index is 0.0521. The van der Waals surface area contributed by atoms with Gasteiger partial charge in [0.15, 0.2) is 0 Å². The predicted octanol–water partition coefficient (Wildman–Crippen LogP) is 4.12. The molecule has 3 rings (SSSR count). The average molecular weight is 447 g/mol. The molecule has 1 aromatic rings. The van der Waals surface area contributed by atoms with Crippen molar-refractivity contribution < 1.29 is 19.7 Å². The van der Waals surface area contributed by atoms with Gasteiger partial charge in [-0.05, 0) is 36.8 Å². The van der Waals surface area contributed by atoms with E-state index in [2.05, 4.69) is 32.7 Å². The summed E-state index contributed by atoms with van der Waals surface area (Å²) in [5.74, 6) is 0. The van der Waals surface area contributed by atoms with E-state index in [4.69, 9.17) is 4.74 Å². The number of β-amino-alcohol motifs (C(OH)–C–C–N with tert-alkyl or cyclic N) is 2. The number of ether oxygens (including phenoxy) is 1. The lowest BCUT2D eigenvalue weighted by Crippen LogP contribution is -2.46. The first-order valence-electron chi connectivity index (χ1n) is 11.6. The highest BCUT2D eigenvalue weighted by Gasteiger charge is 2.48. The summed E-state index contributed by atoms with van der Waals surface area (Å²) in [4.78, 5) is 13.7. The Morgan fingerprint density at radius 1 is 1.19 bits per heavy atom.